The fourth-order valence-electron chi connectivity index (χ4n) is 2.80. The number of carbonyl (C=O) groups excluding carboxylic acids is 1. The second kappa shape index (κ2) is 6.81. The molecular weight excluding hydrogens is 257 g/mol. The molecule has 2 atom stereocenters. The number of nitrogens with zero attached hydrogens (tertiary/aromatic N) is 1. The lowest BCUT2D eigenvalue weighted by Gasteiger charge is -2.39. The van der Waals surface area contributed by atoms with E-state index in [-0.39, 0.29) is 24.2 Å². The van der Waals surface area contributed by atoms with Crippen molar-refractivity contribution in [1.82, 2.24) is 4.90 Å². The molecular formula is C15H22FN3O. The topological polar surface area (TPSA) is 58.4 Å². The molecule has 1 aliphatic heterocycles. The van der Waals surface area contributed by atoms with Gasteiger partial charge in [0.05, 0.1) is 12.2 Å². The lowest BCUT2D eigenvalue weighted by Crippen LogP contribution is -2.51. The van der Waals surface area contributed by atoms with Crippen LogP contribution in [0.2, 0.25) is 0 Å². The van der Waals surface area contributed by atoms with Gasteiger partial charge in [-0.3, -0.25) is 9.69 Å². The van der Waals surface area contributed by atoms with E-state index >= 15 is 0 Å². The van der Waals surface area contributed by atoms with Crippen LogP contribution < -0.4 is 11.1 Å². The average Bonchev–Trinajstić information content (AvgIpc) is 2.43. The molecule has 2 unspecified atom stereocenters. The van der Waals surface area contributed by atoms with Crippen molar-refractivity contribution in [3.63, 3.8) is 0 Å². The molecule has 4 nitrogen and oxygen atoms in total. The first-order chi connectivity index (χ1) is 9.61. The lowest BCUT2D eigenvalue weighted by molar-refractivity contribution is -0.119. The zero-order chi connectivity index (χ0) is 14.5. The molecule has 1 saturated heterocycles. The molecule has 5 heteroatoms. The summed E-state index contributed by atoms with van der Waals surface area (Å²) in [7, 11) is 0. The van der Waals surface area contributed by atoms with Crippen LogP contribution in [0.4, 0.5) is 10.1 Å². The van der Waals surface area contributed by atoms with Crippen molar-refractivity contribution in [2.24, 2.45) is 5.73 Å². The standard InChI is InChI=1S/C15H22FN3O/c1-11-5-4-6-12(9-17)19(11)10-15(20)18-14-8-3-2-7-13(14)16/h2-3,7-8,11-12H,4-6,9-10,17H2,1H3,(H,18,20). The molecule has 1 heterocycles. The Bertz CT molecular complexity index is 466. The van der Waals surface area contributed by atoms with E-state index in [2.05, 4.69) is 17.1 Å². The summed E-state index contributed by atoms with van der Waals surface area (Å²) >= 11 is 0. The number of carbonyl (C=O) groups is 1. The summed E-state index contributed by atoms with van der Waals surface area (Å²) in [4.78, 5) is 14.2. The molecule has 0 bridgehead atoms. The monoisotopic (exact) mass is 279 g/mol. The number of nitrogens with two attached hydrogens (primary N) is 1. The number of hydrogen-bond donors (Lipinski definition) is 2. The summed E-state index contributed by atoms with van der Waals surface area (Å²) in [6, 6.07) is 6.77. The van der Waals surface area contributed by atoms with Crippen LogP contribution in [0.1, 0.15) is 26.2 Å². The van der Waals surface area contributed by atoms with Crippen molar-refractivity contribution in [1.29, 1.82) is 0 Å². The van der Waals surface area contributed by atoms with E-state index in [9.17, 15) is 9.18 Å². The van der Waals surface area contributed by atoms with E-state index in [1.54, 1.807) is 18.2 Å². The Balaban J connectivity index is 1.98. The van der Waals surface area contributed by atoms with E-state index in [0.29, 0.717) is 12.6 Å². The molecule has 0 aromatic heterocycles. The van der Waals surface area contributed by atoms with Crippen LogP contribution in [0.25, 0.3) is 0 Å². The van der Waals surface area contributed by atoms with Crippen LogP contribution in [0.3, 0.4) is 0 Å². The van der Waals surface area contributed by atoms with Gasteiger partial charge in [-0.1, -0.05) is 18.6 Å². The lowest BCUT2D eigenvalue weighted by atomic mass is 9.96. The highest BCUT2D eigenvalue weighted by Crippen LogP contribution is 2.22. The van der Waals surface area contributed by atoms with E-state index in [0.717, 1.165) is 19.3 Å². The highest BCUT2D eigenvalue weighted by Gasteiger charge is 2.28. The normalized spacial score (nSPS) is 23.6. The molecule has 0 saturated carbocycles. The second-order valence-corrected chi connectivity index (χ2v) is 5.37. The van der Waals surface area contributed by atoms with Gasteiger partial charge in [-0.15, -0.1) is 0 Å². The minimum Gasteiger partial charge on any atom is -0.329 e. The highest BCUT2D eigenvalue weighted by atomic mass is 19.1. The van der Waals surface area contributed by atoms with Gasteiger partial charge >= 0.3 is 0 Å². The fraction of sp³-hybridized carbons (Fsp3) is 0.533. The Morgan fingerprint density at radius 3 is 2.90 bits per heavy atom. The van der Waals surface area contributed by atoms with Crippen molar-refractivity contribution < 1.29 is 9.18 Å². The van der Waals surface area contributed by atoms with Crippen molar-refractivity contribution in [2.75, 3.05) is 18.4 Å². The zero-order valence-corrected chi connectivity index (χ0v) is 11.8. The van der Waals surface area contributed by atoms with Gasteiger partial charge in [-0.25, -0.2) is 4.39 Å². The first-order valence-electron chi connectivity index (χ1n) is 7.12. The van der Waals surface area contributed by atoms with Gasteiger partial charge in [0.2, 0.25) is 5.91 Å². The van der Waals surface area contributed by atoms with Crippen LogP contribution in [-0.4, -0.2) is 36.0 Å². The molecule has 0 radical (unpaired) electrons. The van der Waals surface area contributed by atoms with Crippen molar-refractivity contribution in [3.8, 4) is 0 Å². The van der Waals surface area contributed by atoms with Gasteiger partial charge in [0.15, 0.2) is 0 Å². The van der Waals surface area contributed by atoms with Gasteiger partial charge in [0.1, 0.15) is 5.82 Å². The largest absolute Gasteiger partial charge is 0.329 e. The molecule has 1 fully saturated rings. The summed E-state index contributed by atoms with van der Waals surface area (Å²) in [5.74, 6) is -0.606. The maximum absolute atomic E-state index is 13.5. The van der Waals surface area contributed by atoms with Crippen molar-refractivity contribution >= 4 is 11.6 Å². The van der Waals surface area contributed by atoms with E-state index < -0.39 is 5.82 Å². The average molecular weight is 279 g/mol. The van der Waals surface area contributed by atoms with E-state index in [1.165, 1.54) is 6.07 Å². The van der Waals surface area contributed by atoms with Crippen LogP contribution in [0.15, 0.2) is 24.3 Å². The van der Waals surface area contributed by atoms with Crippen LogP contribution in [0, 0.1) is 5.82 Å². The molecule has 3 N–H and O–H groups in total. The first-order valence-corrected chi connectivity index (χ1v) is 7.12. The molecule has 0 aliphatic carbocycles. The third kappa shape index (κ3) is 3.55. The number of piperidine rings is 1. The SMILES string of the molecule is CC1CCCC(CN)N1CC(=O)Nc1ccccc1F. The Labute approximate surface area is 119 Å². The summed E-state index contributed by atoms with van der Waals surface area (Å²) in [5, 5.41) is 2.63. The van der Waals surface area contributed by atoms with Gasteiger partial charge in [0, 0.05) is 18.6 Å². The van der Waals surface area contributed by atoms with Gasteiger partial charge in [0.25, 0.3) is 0 Å². The van der Waals surface area contributed by atoms with Gasteiger partial charge in [-0.05, 0) is 31.9 Å². The minimum atomic E-state index is -0.414. The smallest absolute Gasteiger partial charge is 0.238 e. The molecule has 1 aromatic rings. The maximum Gasteiger partial charge on any atom is 0.238 e. The molecule has 110 valence electrons. The number of para-hydroxylation sites is 1. The highest BCUT2D eigenvalue weighted by molar-refractivity contribution is 5.92. The summed E-state index contributed by atoms with van der Waals surface area (Å²) in [5.41, 5.74) is 6.00. The molecule has 0 spiro atoms. The third-order valence-electron chi connectivity index (χ3n) is 3.94. The number of anilines is 1. The Morgan fingerprint density at radius 1 is 1.45 bits per heavy atom. The summed E-state index contributed by atoms with van der Waals surface area (Å²) < 4.78 is 13.5. The predicted octanol–water partition coefficient (Wildman–Crippen LogP) is 1.97. The van der Waals surface area contributed by atoms with Crippen LogP contribution in [0.5, 0.6) is 0 Å². The van der Waals surface area contributed by atoms with E-state index in [1.807, 2.05) is 0 Å². The predicted molar refractivity (Wildman–Crippen MR) is 77.9 cm³/mol. The Morgan fingerprint density at radius 2 is 2.20 bits per heavy atom. The Hall–Kier alpha value is -1.46. The maximum atomic E-state index is 13.5. The van der Waals surface area contributed by atoms with E-state index in [4.69, 9.17) is 5.73 Å². The fourth-order valence-corrected chi connectivity index (χ4v) is 2.80. The molecule has 20 heavy (non-hydrogen) atoms. The number of hydrogen-bond acceptors (Lipinski definition) is 3. The second-order valence-electron chi connectivity index (χ2n) is 5.37. The number of halogens is 1. The summed E-state index contributed by atoms with van der Waals surface area (Å²) in [6.07, 6.45) is 3.24. The minimum absolute atomic E-state index is 0.192. The number of benzene rings is 1. The summed E-state index contributed by atoms with van der Waals surface area (Å²) in [6.45, 7) is 2.92. The van der Waals surface area contributed by atoms with Gasteiger partial charge < -0.3 is 11.1 Å². The number of nitrogens with one attached hydrogen (secondary N) is 1. The molecule has 1 aromatic carbocycles. The quantitative estimate of drug-likeness (QED) is 0.886. The number of rotatable bonds is 4. The van der Waals surface area contributed by atoms with Crippen LogP contribution >= 0.6 is 0 Å². The molecule has 1 aliphatic rings. The van der Waals surface area contributed by atoms with Crippen molar-refractivity contribution in [3.05, 3.63) is 30.1 Å². The molecule has 2 rings (SSSR count). The third-order valence-corrected chi connectivity index (χ3v) is 3.94. The van der Waals surface area contributed by atoms with Gasteiger partial charge in [-0.2, -0.15) is 0 Å². The first kappa shape index (κ1) is 14.9. The zero-order valence-electron chi connectivity index (χ0n) is 11.8. The number of amides is 1. The van der Waals surface area contributed by atoms with Crippen LogP contribution in [-0.2, 0) is 4.79 Å². The number of likely N-dealkylation sites (tertiary alicyclic amines) is 1. The Kier molecular flexibility index (Phi) is 5.09. The van der Waals surface area contributed by atoms with Crippen molar-refractivity contribution in [2.45, 2.75) is 38.3 Å². The molecule has 1 amide bonds.